The van der Waals surface area contributed by atoms with E-state index in [-0.39, 0.29) is 23.8 Å². The molecule has 45 heavy (non-hydrogen) atoms. The summed E-state index contributed by atoms with van der Waals surface area (Å²) < 4.78 is 29.5. The van der Waals surface area contributed by atoms with Crippen molar-refractivity contribution in [3.8, 4) is 0 Å². The summed E-state index contributed by atoms with van der Waals surface area (Å²) in [5.74, 6) is -0.811. The zero-order valence-corrected chi connectivity index (χ0v) is 27.7. The zero-order chi connectivity index (χ0) is 32.6. The molecule has 4 rings (SSSR count). The molecule has 0 aliphatic carbocycles. The third-order valence-corrected chi connectivity index (χ3v) is 9.79. The Balaban J connectivity index is 1.81. The lowest BCUT2D eigenvalue weighted by Gasteiger charge is -2.34. The van der Waals surface area contributed by atoms with Gasteiger partial charge in [-0.3, -0.25) is 13.9 Å². The maximum atomic E-state index is 14.5. The summed E-state index contributed by atoms with van der Waals surface area (Å²) in [5, 5.41) is 3.50. The molecule has 2 amide bonds. The van der Waals surface area contributed by atoms with Gasteiger partial charge in [0, 0.05) is 24.5 Å². The molecule has 7 nitrogen and oxygen atoms in total. The van der Waals surface area contributed by atoms with E-state index in [1.807, 2.05) is 64.1 Å². The molecule has 1 N–H and O–H groups in total. The van der Waals surface area contributed by atoms with Gasteiger partial charge in [0.25, 0.3) is 10.0 Å². The minimum atomic E-state index is -4.16. The zero-order valence-electron chi connectivity index (χ0n) is 26.2. The second-order valence-electron chi connectivity index (χ2n) is 11.2. The van der Waals surface area contributed by atoms with Crippen LogP contribution >= 0.6 is 11.6 Å². The molecule has 0 radical (unpaired) electrons. The summed E-state index contributed by atoms with van der Waals surface area (Å²) >= 11 is 6.15. The van der Waals surface area contributed by atoms with Crippen LogP contribution in [-0.4, -0.2) is 44.3 Å². The van der Waals surface area contributed by atoms with Gasteiger partial charge < -0.3 is 10.2 Å². The fourth-order valence-electron chi connectivity index (χ4n) is 4.95. The number of rotatable bonds is 13. The van der Waals surface area contributed by atoms with Gasteiger partial charge in [0.1, 0.15) is 12.6 Å². The van der Waals surface area contributed by atoms with E-state index in [9.17, 15) is 18.0 Å². The minimum absolute atomic E-state index is 0.0740. The molecule has 0 unspecified atom stereocenters. The van der Waals surface area contributed by atoms with Gasteiger partial charge >= 0.3 is 0 Å². The van der Waals surface area contributed by atoms with Crippen molar-refractivity contribution >= 4 is 39.1 Å². The van der Waals surface area contributed by atoms with E-state index in [2.05, 4.69) is 5.32 Å². The van der Waals surface area contributed by atoms with E-state index in [1.54, 1.807) is 60.7 Å². The molecule has 0 aliphatic heterocycles. The summed E-state index contributed by atoms with van der Waals surface area (Å²) in [4.78, 5) is 29.8. The van der Waals surface area contributed by atoms with Crippen molar-refractivity contribution in [3.63, 3.8) is 0 Å². The Morgan fingerprint density at radius 3 is 2.11 bits per heavy atom. The van der Waals surface area contributed by atoms with E-state index in [0.29, 0.717) is 17.3 Å². The summed E-state index contributed by atoms with van der Waals surface area (Å²) in [5.41, 5.74) is 4.81. The fraction of sp³-hybridized carbons (Fsp3) is 0.278. The normalized spacial score (nSPS) is 11.9. The highest BCUT2D eigenvalue weighted by atomic mass is 35.5. The number of benzene rings is 4. The summed E-state index contributed by atoms with van der Waals surface area (Å²) in [7, 11) is -4.16. The first-order chi connectivity index (χ1) is 21.5. The number of hydrogen-bond acceptors (Lipinski definition) is 4. The van der Waals surface area contributed by atoms with Crippen LogP contribution in [0, 0.1) is 20.8 Å². The van der Waals surface area contributed by atoms with E-state index in [4.69, 9.17) is 11.6 Å². The lowest BCUT2D eigenvalue weighted by Crippen LogP contribution is -2.53. The molecule has 0 aliphatic rings. The lowest BCUT2D eigenvalue weighted by atomic mass is 10.0. The van der Waals surface area contributed by atoms with Crippen molar-refractivity contribution in [1.29, 1.82) is 0 Å². The highest BCUT2D eigenvalue weighted by Gasteiger charge is 2.34. The Morgan fingerprint density at radius 2 is 1.49 bits per heavy atom. The number of amides is 2. The van der Waals surface area contributed by atoms with Gasteiger partial charge in [-0.25, -0.2) is 8.42 Å². The van der Waals surface area contributed by atoms with Crippen LogP contribution in [0.2, 0.25) is 5.02 Å². The topological polar surface area (TPSA) is 86.8 Å². The second kappa shape index (κ2) is 15.2. The molecule has 0 aromatic heterocycles. The van der Waals surface area contributed by atoms with E-state index in [1.165, 1.54) is 4.90 Å². The fourth-order valence-corrected chi connectivity index (χ4v) is 6.49. The average Bonchev–Trinajstić information content (AvgIpc) is 3.03. The monoisotopic (exact) mass is 645 g/mol. The molecule has 0 fully saturated rings. The third-order valence-electron chi connectivity index (χ3n) is 7.75. The smallest absolute Gasteiger partial charge is 0.264 e. The minimum Gasteiger partial charge on any atom is -0.354 e. The van der Waals surface area contributed by atoms with Crippen LogP contribution in [0.5, 0.6) is 0 Å². The van der Waals surface area contributed by atoms with Gasteiger partial charge in [-0.1, -0.05) is 84.8 Å². The van der Waals surface area contributed by atoms with Crippen molar-refractivity contribution in [1.82, 2.24) is 10.2 Å². The van der Waals surface area contributed by atoms with Crippen LogP contribution in [0.3, 0.4) is 0 Å². The van der Waals surface area contributed by atoms with E-state index < -0.39 is 28.5 Å². The summed E-state index contributed by atoms with van der Waals surface area (Å²) in [6.45, 7) is 7.71. The Morgan fingerprint density at radius 1 is 0.822 bits per heavy atom. The predicted octanol–water partition coefficient (Wildman–Crippen LogP) is 6.63. The highest BCUT2D eigenvalue weighted by Crippen LogP contribution is 2.27. The van der Waals surface area contributed by atoms with Crippen molar-refractivity contribution in [2.45, 2.75) is 58.0 Å². The quantitative estimate of drug-likeness (QED) is 0.177. The van der Waals surface area contributed by atoms with Crippen molar-refractivity contribution < 1.29 is 18.0 Å². The lowest BCUT2D eigenvalue weighted by molar-refractivity contribution is -0.140. The number of carbonyl (C=O) groups excluding carboxylic acids is 2. The highest BCUT2D eigenvalue weighted by molar-refractivity contribution is 7.92. The van der Waals surface area contributed by atoms with Crippen LogP contribution in [0.25, 0.3) is 0 Å². The summed E-state index contributed by atoms with van der Waals surface area (Å²) in [6, 6.07) is 27.5. The van der Waals surface area contributed by atoms with Gasteiger partial charge in [0.2, 0.25) is 11.8 Å². The van der Waals surface area contributed by atoms with E-state index in [0.717, 1.165) is 38.5 Å². The standard InChI is InChI=1S/C36H40ClN3O4S/c1-5-21-38-36(42)34(23-29-9-7-6-8-10-29)39(24-30-14-16-31(37)17-15-30)35(41)25-40(32-18-13-27(3)28(4)22-32)45(43,44)33-19-11-26(2)12-20-33/h6-20,22,34H,5,21,23-25H2,1-4H3,(H,38,42)/t34-/m0/s1. The Kier molecular flexibility index (Phi) is 11.4. The van der Waals surface area contributed by atoms with Crippen LogP contribution in [-0.2, 0) is 32.6 Å². The number of hydrogen-bond donors (Lipinski definition) is 1. The number of anilines is 1. The van der Waals surface area contributed by atoms with Crippen molar-refractivity contribution in [2.75, 3.05) is 17.4 Å². The molecular weight excluding hydrogens is 606 g/mol. The molecule has 4 aromatic rings. The van der Waals surface area contributed by atoms with Gasteiger partial charge in [0.05, 0.1) is 10.6 Å². The Labute approximate surface area is 271 Å². The average molecular weight is 646 g/mol. The van der Waals surface area contributed by atoms with Crippen LogP contribution in [0.1, 0.15) is 41.2 Å². The van der Waals surface area contributed by atoms with Gasteiger partial charge in [-0.05, 0) is 85.8 Å². The number of sulfonamides is 1. The number of nitrogens with one attached hydrogen (secondary N) is 1. The van der Waals surface area contributed by atoms with Gasteiger partial charge in [0.15, 0.2) is 0 Å². The largest absolute Gasteiger partial charge is 0.354 e. The first-order valence-corrected chi connectivity index (χ1v) is 16.8. The second-order valence-corrected chi connectivity index (χ2v) is 13.5. The maximum Gasteiger partial charge on any atom is 0.264 e. The van der Waals surface area contributed by atoms with Crippen LogP contribution < -0.4 is 9.62 Å². The molecule has 0 spiro atoms. The van der Waals surface area contributed by atoms with Gasteiger partial charge in [-0.15, -0.1) is 0 Å². The number of halogens is 1. The van der Waals surface area contributed by atoms with E-state index >= 15 is 0 Å². The molecule has 0 bridgehead atoms. The molecule has 9 heteroatoms. The molecule has 236 valence electrons. The number of aryl methyl sites for hydroxylation is 3. The molecule has 0 saturated carbocycles. The van der Waals surface area contributed by atoms with Crippen LogP contribution in [0.4, 0.5) is 5.69 Å². The SMILES string of the molecule is CCCNC(=O)[C@H](Cc1ccccc1)N(Cc1ccc(Cl)cc1)C(=O)CN(c1ccc(C)c(C)c1)S(=O)(=O)c1ccc(C)cc1. The molecule has 0 saturated heterocycles. The number of carbonyl (C=O) groups is 2. The molecule has 0 heterocycles. The van der Waals surface area contributed by atoms with Crippen molar-refractivity contribution in [3.05, 3.63) is 130 Å². The Bertz CT molecular complexity index is 1710. The first kappa shape index (κ1) is 33.7. The molecular formula is C36H40ClN3O4S. The third kappa shape index (κ3) is 8.74. The van der Waals surface area contributed by atoms with Crippen molar-refractivity contribution in [2.24, 2.45) is 0 Å². The molecule has 1 atom stereocenters. The maximum absolute atomic E-state index is 14.5. The van der Waals surface area contributed by atoms with Crippen LogP contribution in [0.15, 0.2) is 102 Å². The Hall–Kier alpha value is -4.14. The molecule has 4 aromatic carbocycles. The van der Waals surface area contributed by atoms with Gasteiger partial charge in [-0.2, -0.15) is 0 Å². The number of nitrogens with zero attached hydrogens (tertiary/aromatic N) is 2. The predicted molar refractivity (Wildman–Crippen MR) is 181 cm³/mol. The summed E-state index contributed by atoms with van der Waals surface area (Å²) in [6.07, 6.45) is 0.980. The first-order valence-electron chi connectivity index (χ1n) is 15.0.